The fourth-order valence-corrected chi connectivity index (χ4v) is 2.39. The first-order valence-corrected chi connectivity index (χ1v) is 7.00. The summed E-state index contributed by atoms with van der Waals surface area (Å²) in [5.74, 6) is 6.10. The van der Waals surface area contributed by atoms with Gasteiger partial charge in [0, 0.05) is 6.54 Å². The molecule has 3 N–H and O–H groups in total. The summed E-state index contributed by atoms with van der Waals surface area (Å²) in [6.45, 7) is 2.83. The van der Waals surface area contributed by atoms with Crippen LogP contribution < -0.4 is 16.0 Å². The molecular formula is C15H21FN4O. The second-order valence-corrected chi connectivity index (χ2v) is 4.84. The highest BCUT2D eigenvalue weighted by Crippen LogP contribution is 2.28. The summed E-state index contributed by atoms with van der Waals surface area (Å²) in [6.07, 6.45) is 3.03. The van der Waals surface area contributed by atoms with Gasteiger partial charge in [0.05, 0.1) is 25.0 Å². The monoisotopic (exact) mass is 292 g/mol. The number of halogens is 1. The number of aryl methyl sites for hydroxylation is 1. The van der Waals surface area contributed by atoms with E-state index < -0.39 is 0 Å². The molecule has 0 saturated carbocycles. The molecule has 2 aromatic rings. The number of hydrazine groups is 1. The van der Waals surface area contributed by atoms with Crippen molar-refractivity contribution in [1.82, 2.24) is 15.2 Å². The molecule has 0 aliphatic rings. The van der Waals surface area contributed by atoms with Crippen molar-refractivity contribution in [2.45, 2.75) is 32.4 Å². The van der Waals surface area contributed by atoms with Crippen molar-refractivity contribution in [2.24, 2.45) is 5.84 Å². The number of benzene rings is 1. The molecule has 1 aromatic heterocycles. The van der Waals surface area contributed by atoms with Crippen molar-refractivity contribution in [2.75, 3.05) is 7.11 Å². The second-order valence-electron chi connectivity index (χ2n) is 4.84. The van der Waals surface area contributed by atoms with Crippen LogP contribution in [-0.2, 0) is 13.0 Å². The van der Waals surface area contributed by atoms with Crippen molar-refractivity contribution in [3.8, 4) is 5.75 Å². The van der Waals surface area contributed by atoms with E-state index in [2.05, 4.69) is 17.4 Å². The van der Waals surface area contributed by atoms with Crippen LogP contribution in [0.5, 0.6) is 5.75 Å². The third kappa shape index (κ3) is 3.40. The number of nitrogens with two attached hydrogens (primary N) is 1. The Morgan fingerprint density at radius 2 is 2.19 bits per heavy atom. The SMILES string of the molecule is CCCn1ncc(OC)c1C(Cc1ccccc1F)NN. The lowest BCUT2D eigenvalue weighted by molar-refractivity contribution is 0.388. The quantitative estimate of drug-likeness (QED) is 0.606. The van der Waals surface area contributed by atoms with Crippen LogP contribution in [0.1, 0.15) is 30.6 Å². The van der Waals surface area contributed by atoms with Gasteiger partial charge in [0.25, 0.3) is 0 Å². The van der Waals surface area contributed by atoms with E-state index in [0.29, 0.717) is 17.7 Å². The van der Waals surface area contributed by atoms with Gasteiger partial charge in [-0.25, -0.2) is 4.39 Å². The smallest absolute Gasteiger partial charge is 0.161 e. The first-order valence-electron chi connectivity index (χ1n) is 7.00. The highest BCUT2D eigenvalue weighted by atomic mass is 19.1. The number of nitrogens with zero attached hydrogens (tertiary/aromatic N) is 2. The van der Waals surface area contributed by atoms with Crippen LogP contribution in [0.15, 0.2) is 30.5 Å². The van der Waals surface area contributed by atoms with E-state index in [9.17, 15) is 4.39 Å². The predicted octanol–water partition coefficient (Wildman–Crippen LogP) is 2.19. The van der Waals surface area contributed by atoms with Gasteiger partial charge in [0.1, 0.15) is 5.82 Å². The van der Waals surface area contributed by atoms with Gasteiger partial charge in [0.15, 0.2) is 5.75 Å². The lowest BCUT2D eigenvalue weighted by Crippen LogP contribution is -2.32. The normalized spacial score (nSPS) is 12.4. The van der Waals surface area contributed by atoms with Crippen LogP contribution in [-0.4, -0.2) is 16.9 Å². The average molecular weight is 292 g/mol. The molecule has 0 bridgehead atoms. The van der Waals surface area contributed by atoms with E-state index in [1.807, 2.05) is 10.7 Å². The summed E-state index contributed by atoms with van der Waals surface area (Å²) < 4.78 is 21.0. The molecule has 21 heavy (non-hydrogen) atoms. The molecule has 1 heterocycles. The number of hydrogen-bond donors (Lipinski definition) is 2. The Labute approximate surface area is 123 Å². The van der Waals surface area contributed by atoms with Crippen molar-refractivity contribution in [3.63, 3.8) is 0 Å². The van der Waals surface area contributed by atoms with E-state index in [4.69, 9.17) is 10.6 Å². The first kappa shape index (κ1) is 15.5. The summed E-state index contributed by atoms with van der Waals surface area (Å²) in [5, 5.41) is 4.31. The summed E-state index contributed by atoms with van der Waals surface area (Å²) in [6, 6.07) is 6.42. The summed E-state index contributed by atoms with van der Waals surface area (Å²) in [5.41, 5.74) is 4.19. The van der Waals surface area contributed by atoms with Crippen molar-refractivity contribution >= 4 is 0 Å². The van der Waals surface area contributed by atoms with E-state index in [0.717, 1.165) is 18.7 Å². The summed E-state index contributed by atoms with van der Waals surface area (Å²) in [7, 11) is 1.59. The van der Waals surface area contributed by atoms with Crippen LogP contribution in [0.3, 0.4) is 0 Å². The number of nitrogens with one attached hydrogen (secondary N) is 1. The Bertz CT molecular complexity index is 585. The minimum Gasteiger partial charge on any atom is -0.493 e. The number of ether oxygens (including phenoxy) is 1. The van der Waals surface area contributed by atoms with Crippen LogP contribution in [0.4, 0.5) is 4.39 Å². The molecule has 0 radical (unpaired) electrons. The summed E-state index contributed by atoms with van der Waals surface area (Å²) in [4.78, 5) is 0. The van der Waals surface area contributed by atoms with Gasteiger partial charge in [0.2, 0.25) is 0 Å². The highest BCUT2D eigenvalue weighted by molar-refractivity contribution is 5.30. The fraction of sp³-hybridized carbons (Fsp3) is 0.400. The third-order valence-corrected chi connectivity index (χ3v) is 3.41. The summed E-state index contributed by atoms with van der Waals surface area (Å²) >= 11 is 0. The molecule has 0 aliphatic carbocycles. The van der Waals surface area contributed by atoms with E-state index in [-0.39, 0.29) is 11.9 Å². The van der Waals surface area contributed by atoms with Crippen LogP contribution >= 0.6 is 0 Å². The second kappa shape index (κ2) is 7.19. The molecular weight excluding hydrogens is 271 g/mol. The van der Waals surface area contributed by atoms with Gasteiger partial charge in [-0.2, -0.15) is 5.10 Å². The number of rotatable bonds is 7. The van der Waals surface area contributed by atoms with Gasteiger partial charge in [-0.1, -0.05) is 25.1 Å². The molecule has 0 amide bonds. The molecule has 0 spiro atoms. The molecule has 0 aliphatic heterocycles. The molecule has 0 saturated heterocycles. The maximum absolute atomic E-state index is 13.8. The molecule has 114 valence electrons. The van der Waals surface area contributed by atoms with E-state index >= 15 is 0 Å². The maximum atomic E-state index is 13.8. The highest BCUT2D eigenvalue weighted by Gasteiger charge is 2.22. The van der Waals surface area contributed by atoms with Crippen LogP contribution in [0.2, 0.25) is 0 Å². The number of aromatic nitrogens is 2. The maximum Gasteiger partial charge on any atom is 0.161 e. The topological polar surface area (TPSA) is 65.1 Å². The first-order chi connectivity index (χ1) is 10.2. The van der Waals surface area contributed by atoms with Gasteiger partial charge >= 0.3 is 0 Å². The molecule has 6 heteroatoms. The van der Waals surface area contributed by atoms with Gasteiger partial charge < -0.3 is 4.74 Å². The Morgan fingerprint density at radius 1 is 1.43 bits per heavy atom. The predicted molar refractivity (Wildman–Crippen MR) is 79.2 cm³/mol. The third-order valence-electron chi connectivity index (χ3n) is 3.41. The lowest BCUT2D eigenvalue weighted by Gasteiger charge is -2.19. The Balaban J connectivity index is 2.32. The zero-order valence-electron chi connectivity index (χ0n) is 12.3. The number of methoxy groups -OCH3 is 1. The van der Waals surface area contributed by atoms with Crippen molar-refractivity contribution < 1.29 is 9.13 Å². The standard InChI is InChI=1S/C15H21FN4O/c1-3-8-20-15(14(21-2)10-18-20)13(19-17)9-11-6-4-5-7-12(11)16/h4-7,10,13,19H,3,8-9,17H2,1-2H3. The fourth-order valence-electron chi connectivity index (χ4n) is 2.39. The average Bonchev–Trinajstić information content (AvgIpc) is 2.90. The van der Waals surface area contributed by atoms with E-state index in [1.165, 1.54) is 6.07 Å². The number of hydrogen-bond acceptors (Lipinski definition) is 4. The van der Waals surface area contributed by atoms with Crippen molar-refractivity contribution in [3.05, 3.63) is 47.5 Å². The molecule has 0 fully saturated rings. The van der Waals surface area contributed by atoms with Gasteiger partial charge in [-0.05, 0) is 24.5 Å². The molecule has 1 atom stereocenters. The Morgan fingerprint density at radius 3 is 2.81 bits per heavy atom. The van der Waals surface area contributed by atoms with Crippen LogP contribution in [0, 0.1) is 5.82 Å². The van der Waals surface area contributed by atoms with Crippen LogP contribution in [0.25, 0.3) is 0 Å². The lowest BCUT2D eigenvalue weighted by atomic mass is 10.0. The zero-order valence-corrected chi connectivity index (χ0v) is 12.3. The Kier molecular flexibility index (Phi) is 5.30. The van der Waals surface area contributed by atoms with Gasteiger partial charge in [-0.3, -0.25) is 16.0 Å². The van der Waals surface area contributed by atoms with E-state index in [1.54, 1.807) is 25.4 Å². The zero-order chi connectivity index (χ0) is 15.2. The molecule has 2 rings (SSSR count). The molecule has 1 unspecified atom stereocenters. The van der Waals surface area contributed by atoms with Crippen molar-refractivity contribution in [1.29, 1.82) is 0 Å². The molecule has 5 nitrogen and oxygen atoms in total. The van der Waals surface area contributed by atoms with Gasteiger partial charge in [-0.15, -0.1) is 0 Å². The largest absolute Gasteiger partial charge is 0.493 e. The molecule has 1 aromatic carbocycles. The minimum atomic E-state index is -0.272. The Hall–Kier alpha value is -1.92. The minimum absolute atomic E-state index is 0.238.